The lowest BCUT2D eigenvalue weighted by molar-refractivity contribution is 0.607. The van der Waals surface area contributed by atoms with E-state index in [1.165, 1.54) is 11.0 Å². The SMILES string of the molecule is N#CCn1ncc(C#N)n1. The first-order chi connectivity index (χ1) is 4.86. The topological polar surface area (TPSA) is 78.3 Å². The quantitative estimate of drug-likeness (QED) is 0.525. The van der Waals surface area contributed by atoms with Crippen molar-refractivity contribution in [1.82, 2.24) is 15.0 Å². The summed E-state index contributed by atoms with van der Waals surface area (Å²) in [6.45, 7) is 0.0850. The molecule has 1 aromatic rings. The number of aromatic nitrogens is 3. The molecule has 1 aromatic heterocycles. The molecule has 0 saturated heterocycles. The van der Waals surface area contributed by atoms with Crippen LogP contribution in [0.1, 0.15) is 5.69 Å². The molecule has 10 heavy (non-hydrogen) atoms. The predicted molar refractivity (Wildman–Crippen MR) is 30.3 cm³/mol. The van der Waals surface area contributed by atoms with Crippen LogP contribution in [0.2, 0.25) is 0 Å². The van der Waals surface area contributed by atoms with Gasteiger partial charge < -0.3 is 0 Å². The average molecular weight is 133 g/mol. The van der Waals surface area contributed by atoms with Crippen LogP contribution in [-0.4, -0.2) is 15.0 Å². The number of hydrogen-bond acceptors (Lipinski definition) is 4. The summed E-state index contributed by atoms with van der Waals surface area (Å²) in [4.78, 5) is 1.17. The van der Waals surface area contributed by atoms with E-state index in [2.05, 4.69) is 10.2 Å². The van der Waals surface area contributed by atoms with Crippen LogP contribution < -0.4 is 0 Å². The third kappa shape index (κ3) is 1.09. The Hall–Kier alpha value is -1.88. The molecule has 5 nitrogen and oxygen atoms in total. The number of nitrogens with zero attached hydrogens (tertiary/aromatic N) is 5. The van der Waals surface area contributed by atoms with Crippen molar-refractivity contribution in [2.24, 2.45) is 0 Å². The molecule has 1 heterocycles. The molecule has 0 radical (unpaired) electrons. The van der Waals surface area contributed by atoms with Gasteiger partial charge in [0, 0.05) is 0 Å². The molecule has 0 aliphatic carbocycles. The Balaban J connectivity index is 2.83. The minimum atomic E-state index is 0.0850. The Bertz CT molecular complexity index is 299. The Morgan fingerprint density at radius 1 is 1.60 bits per heavy atom. The van der Waals surface area contributed by atoms with Crippen LogP contribution in [0.3, 0.4) is 0 Å². The molecule has 0 spiro atoms. The maximum absolute atomic E-state index is 8.27. The van der Waals surface area contributed by atoms with Crippen molar-refractivity contribution in [3.63, 3.8) is 0 Å². The first-order valence-electron chi connectivity index (χ1n) is 2.54. The molecule has 0 fully saturated rings. The first kappa shape index (κ1) is 6.24. The van der Waals surface area contributed by atoms with Crippen molar-refractivity contribution in [2.45, 2.75) is 6.54 Å². The van der Waals surface area contributed by atoms with Crippen LogP contribution in [0.5, 0.6) is 0 Å². The Morgan fingerprint density at radius 2 is 2.40 bits per heavy atom. The predicted octanol–water partition coefficient (Wildman–Crippen LogP) is -0.327. The summed E-state index contributed by atoms with van der Waals surface area (Å²) in [7, 11) is 0. The zero-order valence-electron chi connectivity index (χ0n) is 5.02. The molecular weight excluding hydrogens is 130 g/mol. The van der Waals surface area contributed by atoms with E-state index in [0.717, 1.165) is 0 Å². The molecule has 0 bridgehead atoms. The van der Waals surface area contributed by atoms with Gasteiger partial charge >= 0.3 is 0 Å². The minimum absolute atomic E-state index is 0.0850. The van der Waals surface area contributed by atoms with E-state index in [1.54, 1.807) is 6.07 Å². The van der Waals surface area contributed by atoms with Gasteiger partial charge in [0.1, 0.15) is 12.6 Å². The van der Waals surface area contributed by atoms with Gasteiger partial charge in [-0.05, 0) is 0 Å². The van der Waals surface area contributed by atoms with Gasteiger partial charge in [0.2, 0.25) is 0 Å². The summed E-state index contributed by atoms with van der Waals surface area (Å²) in [5.74, 6) is 0. The summed E-state index contributed by atoms with van der Waals surface area (Å²) in [5.41, 5.74) is 0.232. The van der Waals surface area contributed by atoms with Crippen LogP contribution in [0.15, 0.2) is 6.20 Å². The number of rotatable bonds is 1. The van der Waals surface area contributed by atoms with Crippen molar-refractivity contribution in [1.29, 1.82) is 10.5 Å². The maximum Gasteiger partial charge on any atom is 0.182 e. The Morgan fingerprint density at radius 3 is 2.90 bits per heavy atom. The lowest BCUT2D eigenvalue weighted by Crippen LogP contribution is -1.99. The molecule has 0 aliphatic rings. The normalized spacial score (nSPS) is 8.20. The zero-order valence-corrected chi connectivity index (χ0v) is 5.02. The number of hydrogen-bond donors (Lipinski definition) is 0. The van der Waals surface area contributed by atoms with E-state index in [0.29, 0.717) is 0 Å². The van der Waals surface area contributed by atoms with Crippen molar-refractivity contribution in [3.05, 3.63) is 11.9 Å². The van der Waals surface area contributed by atoms with Gasteiger partial charge in [-0.2, -0.15) is 20.4 Å². The van der Waals surface area contributed by atoms with E-state index < -0.39 is 0 Å². The van der Waals surface area contributed by atoms with Crippen molar-refractivity contribution < 1.29 is 0 Å². The fourth-order valence-corrected chi connectivity index (χ4v) is 0.488. The Labute approximate surface area is 57.1 Å². The van der Waals surface area contributed by atoms with Crippen molar-refractivity contribution >= 4 is 0 Å². The minimum Gasteiger partial charge on any atom is -0.196 e. The maximum atomic E-state index is 8.27. The summed E-state index contributed by atoms with van der Waals surface area (Å²) >= 11 is 0. The molecular formula is C5H3N5. The molecule has 1 rings (SSSR count). The van der Waals surface area contributed by atoms with Gasteiger partial charge in [-0.25, -0.2) is 0 Å². The third-order valence-electron chi connectivity index (χ3n) is 0.863. The highest BCUT2D eigenvalue weighted by Gasteiger charge is 1.95. The second-order valence-electron chi connectivity index (χ2n) is 1.53. The monoisotopic (exact) mass is 133 g/mol. The van der Waals surface area contributed by atoms with Gasteiger partial charge in [-0.1, -0.05) is 0 Å². The summed E-state index contributed by atoms with van der Waals surface area (Å²) in [6, 6.07) is 3.65. The number of nitriles is 2. The van der Waals surface area contributed by atoms with E-state index in [-0.39, 0.29) is 12.2 Å². The van der Waals surface area contributed by atoms with Crippen LogP contribution in [-0.2, 0) is 6.54 Å². The lowest BCUT2D eigenvalue weighted by atomic mass is 10.6. The van der Waals surface area contributed by atoms with Crippen molar-refractivity contribution in [3.8, 4) is 12.1 Å². The molecule has 5 heteroatoms. The van der Waals surface area contributed by atoms with E-state index >= 15 is 0 Å². The molecule has 0 saturated carbocycles. The van der Waals surface area contributed by atoms with Gasteiger partial charge in [-0.15, -0.1) is 5.10 Å². The van der Waals surface area contributed by atoms with Crippen LogP contribution in [0.4, 0.5) is 0 Å². The molecule has 0 aromatic carbocycles. The van der Waals surface area contributed by atoms with Gasteiger partial charge in [0.05, 0.1) is 12.3 Å². The molecule has 48 valence electrons. The highest BCUT2D eigenvalue weighted by atomic mass is 15.5. The van der Waals surface area contributed by atoms with Crippen LogP contribution >= 0.6 is 0 Å². The molecule has 0 aliphatic heterocycles. The molecule has 0 atom stereocenters. The summed E-state index contributed by atoms with van der Waals surface area (Å²) < 4.78 is 0. The Kier molecular flexibility index (Phi) is 1.63. The van der Waals surface area contributed by atoms with Gasteiger partial charge in [0.25, 0.3) is 0 Å². The summed E-state index contributed by atoms with van der Waals surface area (Å²) in [6.07, 6.45) is 1.32. The highest BCUT2D eigenvalue weighted by molar-refractivity contribution is 5.12. The van der Waals surface area contributed by atoms with E-state index in [4.69, 9.17) is 10.5 Å². The zero-order chi connectivity index (χ0) is 7.40. The van der Waals surface area contributed by atoms with E-state index in [9.17, 15) is 0 Å². The standard InChI is InChI=1S/C5H3N5/c6-1-2-10-8-4-5(3-7)9-10/h4H,2H2. The molecule has 0 amide bonds. The van der Waals surface area contributed by atoms with Crippen LogP contribution in [0, 0.1) is 22.7 Å². The molecule has 0 unspecified atom stereocenters. The first-order valence-corrected chi connectivity index (χ1v) is 2.54. The third-order valence-corrected chi connectivity index (χ3v) is 0.863. The highest BCUT2D eigenvalue weighted by Crippen LogP contribution is 1.86. The van der Waals surface area contributed by atoms with Gasteiger partial charge in [0.15, 0.2) is 5.69 Å². The average Bonchev–Trinajstić information content (AvgIpc) is 2.37. The largest absolute Gasteiger partial charge is 0.196 e. The van der Waals surface area contributed by atoms with Crippen LogP contribution in [0.25, 0.3) is 0 Å². The lowest BCUT2D eigenvalue weighted by Gasteiger charge is -1.83. The fraction of sp³-hybridized carbons (Fsp3) is 0.200. The van der Waals surface area contributed by atoms with E-state index in [1.807, 2.05) is 6.07 Å². The smallest absolute Gasteiger partial charge is 0.182 e. The van der Waals surface area contributed by atoms with Gasteiger partial charge in [-0.3, -0.25) is 0 Å². The fourth-order valence-electron chi connectivity index (χ4n) is 0.488. The second kappa shape index (κ2) is 2.60. The summed E-state index contributed by atoms with van der Waals surface area (Å²) in [5, 5.41) is 23.7. The van der Waals surface area contributed by atoms with Crippen molar-refractivity contribution in [2.75, 3.05) is 0 Å². The second-order valence-corrected chi connectivity index (χ2v) is 1.53. The molecule has 0 N–H and O–H groups in total.